The first-order valence-corrected chi connectivity index (χ1v) is 7.87. The Kier molecular flexibility index (Phi) is 3.88. The van der Waals surface area contributed by atoms with Crippen LogP contribution in [0.25, 0.3) is 0 Å². The van der Waals surface area contributed by atoms with Crippen LogP contribution in [0.3, 0.4) is 0 Å². The van der Waals surface area contributed by atoms with Crippen molar-refractivity contribution < 1.29 is 36.9 Å². The van der Waals surface area contributed by atoms with E-state index in [9.17, 15) is 18.0 Å². The zero-order valence-electron chi connectivity index (χ0n) is 13.2. The van der Waals surface area contributed by atoms with E-state index in [1.807, 2.05) is 0 Å². The third-order valence-electron chi connectivity index (χ3n) is 3.69. The Labute approximate surface area is 154 Å². The van der Waals surface area contributed by atoms with Crippen molar-refractivity contribution in [2.45, 2.75) is 12.1 Å². The number of hydrogen-bond donors (Lipinski definition) is 2. The van der Waals surface area contributed by atoms with Crippen molar-refractivity contribution in [3.8, 4) is 23.0 Å². The molecular weight excluding hydrogens is 393 g/mol. The quantitative estimate of drug-likeness (QED) is 0.797. The van der Waals surface area contributed by atoms with E-state index in [1.165, 1.54) is 30.3 Å². The van der Waals surface area contributed by atoms with Crippen LogP contribution in [0.4, 0.5) is 23.7 Å². The summed E-state index contributed by atoms with van der Waals surface area (Å²) in [4.78, 5) is 12.2. The first-order chi connectivity index (χ1) is 12.8. The number of hydrogen-bond acceptors (Lipinski definition) is 5. The van der Waals surface area contributed by atoms with Gasteiger partial charge in [0.25, 0.3) is 0 Å². The van der Waals surface area contributed by atoms with Crippen LogP contribution in [0, 0.1) is 0 Å². The molecule has 0 saturated heterocycles. The molecule has 0 bridgehead atoms. The first-order valence-electron chi connectivity index (χ1n) is 7.49. The predicted molar refractivity (Wildman–Crippen MR) is 86.2 cm³/mol. The van der Waals surface area contributed by atoms with Crippen molar-refractivity contribution in [3.63, 3.8) is 0 Å². The SMILES string of the molecule is O=C(Nc1ccc2c(c1)OCO2)N[C@@]1(C(F)(F)F)Oc2ccc(Cl)cc2O1. The smallest absolute Gasteiger partial charge is 0.454 e. The molecule has 2 aliphatic heterocycles. The van der Waals surface area contributed by atoms with Gasteiger partial charge in [-0.3, -0.25) is 5.32 Å². The third kappa shape index (κ3) is 3.12. The highest BCUT2D eigenvalue weighted by Crippen LogP contribution is 2.46. The van der Waals surface area contributed by atoms with Crippen LogP contribution in [0.1, 0.15) is 0 Å². The largest absolute Gasteiger partial charge is 0.492 e. The highest BCUT2D eigenvalue weighted by Gasteiger charge is 2.65. The molecule has 2 aliphatic rings. The Balaban J connectivity index is 1.54. The standard InChI is InChI=1S/C16H10ClF3N2O5/c17-8-1-3-11-13(5-8)27-16(26-11,15(18,19)20)22-14(23)21-9-2-4-10-12(6-9)25-7-24-10/h1-6H,7H2,(H2,21,22,23)/t16-/m0/s1. The van der Waals surface area contributed by atoms with Crippen molar-refractivity contribution in [3.05, 3.63) is 41.4 Å². The number of halogens is 4. The van der Waals surface area contributed by atoms with Crippen LogP contribution >= 0.6 is 11.6 Å². The molecule has 4 rings (SSSR count). The Hall–Kier alpha value is -3.01. The zero-order valence-corrected chi connectivity index (χ0v) is 14.0. The monoisotopic (exact) mass is 402 g/mol. The van der Waals surface area contributed by atoms with Crippen molar-refractivity contribution >= 4 is 23.3 Å². The summed E-state index contributed by atoms with van der Waals surface area (Å²) in [5, 5.41) is 4.10. The molecule has 0 spiro atoms. The van der Waals surface area contributed by atoms with Gasteiger partial charge in [0, 0.05) is 22.8 Å². The Morgan fingerprint density at radius 1 is 1.00 bits per heavy atom. The number of ether oxygens (including phenoxy) is 4. The number of alkyl halides is 3. The molecule has 142 valence electrons. The number of carbonyl (C=O) groups excluding carboxylic acids is 1. The molecular formula is C16H10ClF3N2O5. The molecule has 0 radical (unpaired) electrons. The van der Waals surface area contributed by atoms with E-state index < -0.39 is 18.1 Å². The van der Waals surface area contributed by atoms with Gasteiger partial charge in [-0.25, -0.2) is 4.79 Å². The number of urea groups is 1. The summed E-state index contributed by atoms with van der Waals surface area (Å²) in [5.41, 5.74) is 0.188. The fourth-order valence-corrected chi connectivity index (χ4v) is 2.66. The third-order valence-corrected chi connectivity index (χ3v) is 3.93. The number of amides is 2. The fourth-order valence-electron chi connectivity index (χ4n) is 2.50. The molecule has 2 heterocycles. The Bertz CT molecular complexity index is 923. The second-order valence-electron chi connectivity index (χ2n) is 5.56. The van der Waals surface area contributed by atoms with Crippen molar-refractivity contribution in [2.75, 3.05) is 12.1 Å². The van der Waals surface area contributed by atoms with Gasteiger partial charge in [0.1, 0.15) is 0 Å². The van der Waals surface area contributed by atoms with E-state index in [0.717, 1.165) is 6.07 Å². The number of carbonyl (C=O) groups is 1. The lowest BCUT2D eigenvalue weighted by molar-refractivity contribution is -0.317. The van der Waals surface area contributed by atoms with Crippen LogP contribution in [0.2, 0.25) is 5.02 Å². The summed E-state index contributed by atoms with van der Waals surface area (Å²) in [7, 11) is 0. The van der Waals surface area contributed by atoms with E-state index in [0.29, 0.717) is 11.5 Å². The van der Waals surface area contributed by atoms with Gasteiger partial charge < -0.3 is 24.3 Å². The molecule has 1 atom stereocenters. The first kappa shape index (κ1) is 17.4. The second kappa shape index (κ2) is 6.02. The fraction of sp³-hybridized carbons (Fsp3) is 0.188. The van der Waals surface area contributed by atoms with Crippen molar-refractivity contribution in [1.82, 2.24) is 5.32 Å². The lowest BCUT2D eigenvalue weighted by atomic mass is 10.3. The summed E-state index contributed by atoms with van der Waals surface area (Å²) < 4.78 is 60.8. The van der Waals surface area contributed by atoms with Gasteiger partial charge in [0.05, 0.1) is 0 Å². The molecule has 2 aromatic rings. The molecule has 2 aromatic carbocycles. The molecule has 27 heavy (non-hydrogen) atoms. The maximum Gasteiger partial charge on any atom is 0.492 e. The lowest BCUT2D eigenvalue weighted by Gasteiger charge is -2.29. The van der Waals surface area contributed by atoms with Crippen molar-refractivity contribution in [1.29, 1.82) is 0 Å². The molecule has 7 nitrogen and oxygen atoms in total. The summed E-state index contributed by atoms with van der Waals surface area (Å²) in [6.45, 7) is 0.0185. The van der Waals surface area contributed by atoms with Crippen LogP contribution < -0.4 is 29.6 Å². The molecule has 0 unspecified atom stereocenters. The van der Waals surface area contributed by atoms with Crippen LogP contribution in [-0.4, -0.2) is 24.9 Å². The molecule has 0 aromatic heterocycles. The second-order valence-corrected chi connectivity index (χ2v) is 5.99. The van der Waals surface area contributed by atoms with Gasteiger partial charge in [-0.15, -0.1) is 0 Å². The number of benzene rings is 2. The van der Waals surface area contributed by atoms with Gasteiger partial charge in [-0.2, -0.15) is 13.2 Å². The van der Waals surface area contributed by atoms with E-state index >= 15 is 0 Å². The molecule has 0 saturated carbocycles. The summed E-state index contributed by atoms with van der Waals surface area (Å²) in [6, 6.07) is 6.86. The number of nitrogens with one attached hydrogen (secondary N) is 2. The Morgan fingerprint density at radius 2 is 1.70 bits per heavy atom. The van der Waals surface area contributed by atoms with Crippen LogP contribution in [0.15, 0.2) is 36.4 Å². The normalized spacial score (nSPS) is 19.7. The van der Waals surface area contributed by atoms with E-state index in [-0.39, 0.29) is 29.0 Å². The lowest BCUT2D eigenvalue weighted by Crippen LogP contribution is -2.65. The maximum absolute atomic E-state index is 13.6. The minimum absolute atomic E-state index is 0.0185. The van der Waals surface area contributed by atoms with Gasteiger partial charge in [0.2, 0.25) is 6.79 Å². The summed E-state index contributed by atoms with van der Waals surface area (Å²) in [5.74, 6) is -3.03. The Morgan fingerprint density at radius 3 is 2.48 bits per heavy atom. The van der Waals surface area contributed by atoms with Crippen LogP contribution in [-0.2, 0) is 0 Å². The average Bonchev–Trinajstić information content (AvgIpc) is 3.17. The summed E-state index contributed by atoms with van der Waals surface area (Å²) >= 11 is 5.75. The minimum Gasteiger partial charge on any atom is -0.454 e. The number of fused-ring (bicyclic) bond motifs is 2. The van der Waals surface area contributed by atoms with Gasteiger partial charge >= 0.3 is 18.1 Å². The molecule has 2 N–H and O–H groups in total. The van der Waals surface area contributed by atoms with E-state index in [4.69, 9.17) is 30.5 Å². The highest BCUT2D eigenvalue weighted by molar-refractivity contribution is 6.30. The van der Waals surface area contributed by atoms with Crippen LogP contribution in [0.5, 0.6) is 23.0 Å². The molecule has 11 heteroatoms. The minimum atomic E-state index is -5.08. The van der Waals surface area contributed by atoms with Gasteiger partial charge in [-0.1, -0.05) is 11.6 Å². The zero-order chi connectivity index (χ0) is 19.2. The maximum atomic E-state index is 13.6. The topological polar surface area (TPSA) is 78.1 Å². The molecule has 0 aliphatic carbocycles. The molecule has 0 fully saturated rings. The van der Waals surface area contributed by atoms with E-state index in [2.05, 4.69) is 5.32 Å². The number of anilines is 1. The van der Waals surface area contributed by atoms with Crippen molar-refractivity contribution in [2.24, 2.45) is 0 Å². The predicted octanol–water partition coefficient (Wildman–Crippen LogP) is 3.88. The average molecular weight is 403 g/mol. The van der Waals surface area contributed by atoms with E-state index in [1.54, 1.807) is 5.32 Å². The highest BCUT2D eigenvalue weighted by atomic mass is 35.5. The molecule has 2 amide bonds. The number of rotatable bonds is 2. The van der Waals surface area contributed by atoms with Gasteiger partial charge in [0.15, 0.2) is 23.0 Å². The van der Waals surface area contributed by atoms with Gasteiger partial charge in [-0.05, 0) is 24.3 Å². The summed E-state index contributed by atoms with van der Waals surface area (Å²) in [6.07, 6.45) is -5.08.